The second-order valence-corrected chi connectivity index (χ2v) is 7.00. The number of fused-ring (bicyclic) bond motifs is 2. The first-order valence-corrected chi connectivity index (χ1v) is 8.46. The van der Waals surface area contributed by atoms with E-state index in [0.717, 1.165) is 34.6 Å². The Morgan fingerprint density at radius 1 is 1.30 bits per heavy atom. The summed E-state index contributed by atoms with van der Waals surface area (Å²) in [6, 6.07) is 6.90. The maximum Gasteiger partial charge on any atom is 0.106 e. The first kappa shape index (κ1) is 12.2. The molecule has 2 N–H and O–H groups in total. The highest BCUT2D eigenvalue weighted by Crippen LogP contribution is 2.40. The minimum absolute atomic E-state index is 0.378. The number of rotatable bonds is 1. The molecule has 20 heavy (non-hydrogen) atoms. The van der Waals surface area contributed by atoms with Crippen LogP contribution < -0.4 is 10.6 Å². The molecule has 1 aliphatic rings. The lowest BCUT2D eigenvalue weighted by atomic mass is 10.0. The molecule has 0 amide bonds. The molecule has 1 atom stereocenters. The highest BCUT2D eigenvalue weighted by atomic mass is 32.1. The van der Waals surface area contributed by atoms with Crippen LogP contribution in [0.3, 0.4) is 0 Å². The number of hydrogen-bond acceptors (Lipinski definition) is 5. The van der Waals surface area contributed by atoms with Gasteiger partial charge in [-0.05, 0) is 42.5 Å². The van der Waals surface area contributed by atoms with Crippen LogP contribution in [0.2, 0.25) is 0 Å². The Balaban J connectivity index is 1.82. The van der Waals surface area contributed by atoms with Crippen LogP contribution in [0.1, 0.15) is 23.4 Å². The summed E-state index contributed by atoms with van der Waals surface area (Å²) in [6.45, 7) is 3.28. The molecule has 0 spiro atoms. The average Bonchev–Trinajstić information content (AvgIpc) is 3.09. The van der Waals surface area contributed by atoms with Crippen molar-refractivity contribution in [2.24, 2.45) is 0 Å². The molecule has 0 fully saturated rings. The monoisotopic (exact) mass is 301 g/mol. The zero-order chi connectivity index (χ0) is 13.7. The maximum atomic E-state index is 6.36. The molecule has 1 unspecified atom stereocenters. The van der Waals surface area contributed by atoms with Gasteiger partial charge < -0.3 is 10.6 Å². The number of nitrogen functional groups attached to an aromatic ring is 1. The number of hydrogen-bond donors (Lipinski definition) is 1. The smallest absolute Gasteiger partial charge is 0.106 e. The molecule has 3 nitrogen and oxygen atoms in total. The Kier molecular flexibility index (Phi) is 2.72. The van der Waals surface area contributed by atoms with Crippen LogP contribution >= 0.6 is 22.7 Å². The van der Waals surface area contributed by atoms with Gasteiger partial charge in [0.1, 0.15) is 5.52 Å². The van der Waals surface area contributed by atoms with Gasteiger partial charge in [-0.3, -0.25) is 0 Å². The summed E-state index contributed by atoms with van der Waals surface area (Å²) < 4.78 is 1.16. The Bertz CT molecular complexity index is 774. The highest BCUT2D eigenvalue weighted by Gasteiger charge is 2.26. The van der Waals surface area contributed by atoms with Gasteiger partial charge in [-0.2, -0.15) is 0 Å². The summed E-state index contributed by atoms with van der Waals surface area (Å²) >= 11 is 3.51. The molecule has 0 saturated carbocycles. The van der Waals surface area contributed by atoms with E-state index in [4.69, 9.17) is 5.73 Å². The molecule has 3 aromatic rings. The van der Waals surface area contributed by atoms with E-state index in [1.165, 1.54) is 10.4 Å². The highest BCUT2D eigenvalue weighted by molar-refractivity contribution is 7.16. The van der Waals surface area contributed by atoms with Crippen LogP contribution in [0.15, 0.2) is 29.1 Å². The minimum atomic E-state index is 0.378. The molecule has 0 saturated heterocycles. The van der Waals surface area contributed by atoms with Crippen molar-refractivity contribution >= 4 is 44.3 Å². The Morgan fingerprint density at radius 2 is 2.20 bits per heavy atom. The molecule has 3 heterocycles. The van der Waals surface area contributed by atoms with Crippen LogP contribution in [0, 0.1) is 0 Å². The van der Waals surface area contributed by atoms with E-state index in [0.29, 0.717) is 6.04 Å². The van der Waals surface area contributed by atoms with E-state index in [-0.39, 0.29) is 0 Å². The number of thiophene rings is 1. The first-order valence-electron chi connectivity index (χ1n) is 6.70. The number of anilines is 2. The van der Waals surface area contributed by atoms with Crippen LogP contribution in [0.4, 0.5) is 11.4 Å². The summed E-state index contributed by atoms with van der Waals surface area (Å²) in [5.41, 5.74) is 12.5. The van der Waals surface area contributed by atoms with Crippen LogP contribution in [0.25, 0.3) is 10.2 Å². The van der Waals surface area contributed by atoms with Crippen LogP contribution in [0.5, 0.6) is 0 Å². The summed E-state index contributed by atoms with van der Waals surface area (Å²) in [5, 5.41) is 2.19. The molecule has 1 aromatic carbocycles. The number of benzene rings is 1. The quantitative estimate of drug-likeness (QED) is 0.689. The predicted molar refractivity (Wildman–Crippen MR) is 87.8 cm³/mol. The third-order valence-corrected chi connectivity index (χ3v) is 5.90. The van der Waals surface area contributed by atoms with Gasteiger partial charge in [-0.25, -0.2) is 4.98 Å². The summed E-state index contributed by atoms with van der Waals surface area (Å²) in [4.78, 5) is 8.32. The molecule has 2 aromatic heterocycles. The fourth-order valence-electron chi connectivity index (χ4n) is 3.03. The topological polar surface area (TPSA) is 42.2 Å². The van der Waals surface area contributed by atoms with Crippen LogP contribution in [-0.2, 0) is 6.42 Å². The van der Waals surface area contributed by atoms with E-state index < -0.39 is 0 Å². The summed E-state index contributed by atoms with van der Waals surface area (Å²) in [6.07, 6.45) is 1.10. The summed E-state index contributed by atoms with van der Waals surface area (Å²) in [7, 11) is 0. The van der Waals surface area contributed by atoms with Crippen LogP contribution in [-0.4, -0.2) is 11.5 Å². The van der Waals surface area contributed by atoms with Gasteiger partial charge in [-0.1, -0.05) is 0 Å². The zero-order valence-electron chi connectivity index (χ0n) is 11.2. The molecule has 0 aliphatic carbocycles. The SMILES string of the molecule is CC1c2ccsc2CCN1c1ccc2scnc2c1N. The van der Waals surface area contributed by atoms with E-state index in [1.54, 1.807) is 11.3 Å². The fourth-order valence-corrected chi connectivity index (χ4v) is 4.69. The molecule has 102 valence electrons. The number of nitrogens with two attached hydrogens (primary N) is 1. The second kappa shape index (κ2) is 4.46. The van der Waals surface area contributed by atoms with Crippen molar-refractivity contribution in [3.05, 3.63) is 39.5 Å². The molecule has 0 radical (unpaired) electrons. The van der Waals surface area contributed by atoms with E-state index >= 15 is 0 Å². The number of thiazole rings is 1. The molecule has 5 heteroatoms. The zero-order valence-corrected chi connectivity index (χ0v) is 12.8. The Labute approximate surface area is 125 Å². The van der Waals surface area contributed by atoms with Crippen molar-refractivity contribution in [3.8, 4) is 0 Å². The molecule has 1 aliphatic heterocycles. The van der Waals surface area contributed by atoms with Gasteiger partial charge in [0.2, 0.25) is 0 Å². The molecule has 4 rings (SSSR count). The van der Waals surface area contributed by atoms with Gasteiger partial charge in [0.25, 0.3) is 0 Å². The van der Waals surface area contributed by atoms with E-state index in [9.17, 15) is 0 Å². The number of aromatic nitrogens is 1. The van der Waals surface area contributed by atoms with E-state index in [1.807, 2.05) is 16.8 Å². The van der Waals surface area contributed by atoms with Gasteiger partial charge in [0, 0.05) is 11.4 Å². The summed E-state index contributed by atoms with van der Waals surface area (Å²) in [5.74, 6) is 0. The average molecular weight is 301 g/mol. The molecular weight excluding hydrogens is 286 g/mol. The van der Waals surface area contributed by atoms with E-state index in [2.05, 4.69) is 40.4 Å². The van der Waals surface area contributed by atoms with Gasteiger partial charge >= 0.3 is 0 Å². The Hall–Kier alpha value is -1.59. The lowest BCUT2D eigenvalue weighted by Gasteiger charge is -2.36. The van der Waals surface area contributed by atoms with Gasteiger partial charge in [0.05, 0.1) is 27.6 Å². The third kappa shape index (κ3) is 1.66. The normalized spacial score (nSPS) is 18.4. The molecule has 0 bridgehead atoms. The largest absolute Gasteiger partial charge is 0.395 e. The first-order chi connectivity index (χ1) is 9.75. The standard InChI is InChI=1S/C15H15N3S2/c1-9-10-5-7-19-12(10)4-6-18(9)11-2-3-13-15(14(11)16)17-8-20-13/h2-3,5,7-9H,4,6,16H2,1H3. The number of nitrogens with zero attached hydrogens (tertiary/aromatic N) is 2. The fraction of sp³-hybridized carbons (Fsp3) is 0.267. The predicted octanol–water partition coefficient (Wildman–Crippen LogP) is 4.06. The van der Waals surface area contributed by atoms with Crippen molar-refractivity contribution in [2.75, 3.05) is 17.2 Å². The minimum Gasteiger partial charge on any atom is -0.395 e. The van der Waals surface area contributed by atoms with Gasteiger partial charge in [-0.15, -0.1) is 22.7 Å². The van der Waals surface area contributed by atoms with Crippen molar-refractivity contribution in [3.63, 3.8) is 0 Å². The Morgan fingerprint density at radius 3 is 3.10 bits per heavy atom. The molecular formula is C15H15N3S2. The van der Waals surface area contributed by atoms with Crippen molar-refractivity contribution in [1.82, 2.24) is 4.98 Å². The van der Waals surface area contributed by atoms with Crippen molar-refractivity contribution in [1.29, 1.82) is 0 Å². The van der Waals surface area contributed by atoms with Crippen molar-refractivity contribution < 1.29 is 0 Å². The maximum absolute atomic E-state index is 6.36. The van der Waals surface area contributed by atoms with Crippen molar-refractivity contribution in [2.45, 2.75) is 19.4 Å². The second-order valence-electron chi connectivity index (χ2n) is 5.12. The van der Waals surface area contributed by atoms with Gasteiger partial charge in [0.15, 0.2) is 0 Å². The third-order valence-electron chi connectivity index (χ3n) is 4.11. The lowest BCUT2D eigenvalue weighted by molar-refractivity contribution is 0.634. The lowest BCUT2D eigenvalue weighted by Crippen LogP contribution is -2.33.